The minimum atomic E-state index is -0.257. The van der Waals surface area contributed by atoms with Crippen LogP contribution in [0.15, 0.2) is 30.3 Å². The zero-order chi connectivity index (χ0) is 18.3. The summed E-state index contributed by atoms with van der Waals surface area (Å²) in [5.74, 6) is 1.36. The van der Waals surface area contributed by atoms with E-state index in [1.54, 1.807) is 0 Å². The third-order valence-electron chi connectivity index (χ3n) is 5.52. The fraction of sp³-hybridized carbons (Fsp3) is 0.429. The normalized spacial score (nSPS) is 15.7. The quantitative estimate of drug-likeness (QED) is 0.677. The molecule has 1 saturated heterocycles. The second-order valence-electron chi connectivity index (χ2n) is 7.26. The van der Waals surface area contributed by atoms with Crippen molar-refractivity contribution >= 4 is 33.7 Å². The zero-order valence-electron chi connectivity index (χ0n) is 15.7. The third kappa shape index (κ3) is 2.71. The van der Waals surface area contributed by atoms with E-state index in [4.69, 9.17) is 4.74 Å². The number of nitrogens with zero attached hydrogens (tertiary/aromatic N) is 2. The van der Waals surface area contributed by atoms with Gasteiger partial charge in [-0.2, -0.15) is 0 Å². The largest absolute Gasteiger partial charge is 0.462 e. The Kier molecular flexibility index (Phi) is 4.31. The van der Waals surface area contributed by atoms with Gasteiger partial charge in [0.1, 0.15) is 11.1 Å². The van der Waals surface area contributed by atoms with Gasteiger partial charge in [-0.1, -0.05) is 25.1 Å². The van der Waals surface area contributed by atoms with Crippen molar-refractivity contribution in [3.63, 3.8) is 0 Å². The Morgan fingerprint density at radius 2 is 1.96 bits per heavy atom. The summed E-state index contributed by atoms with van der Waals surface area (Å²) >= 11 is 0. The molecule has 3 aromatic rings. The molecule has 1 N–H and O–H groups in total. The molecule has 0 bridgehead atoms. The molecule has 26 heavy (non-hydrogen) atoms. The van der Waals surface area contributed by atoms with Crippen molar-refractivity contribution in [3.8, 4) is 0 Å². The van der Waals surface area contributed by atoms with Crippen molar-refractivity contribution in [1.82, 2.24) is 4.57 Å². The van der Waals surface area contributed by atoms with E-state index in [1.807, 2.05) is 25.1 Å². The van der Waals surface area contributed by atoms with E-state index in [2.05, 4.69) is 40.6 Å². The van der Waals surface area contributed by atoms with Crippen molar-refractivity contribution in [1.29, 1.82) is 0 Å². The molecule has 0 unspecified atom stereocenters. The summed E-state index contributed by atoms with van der Waals surface area (Å²) in [7, 11) is 2.06. The fourth-order valence-corrected chi connectivity index (χ4v) is 3.96. The number of hydrogen-bond donors (Lipinski definition) is 0. The van der Waals surface area contributed by atoms with E-state index in [0.29, 0.717) is 12.2 Å². The molecule has 2 aromatic heterocycles. The standard InChI is InChI=1S/C21H25N3O2/c1-4-26-21(25)17-13-16-15-7-5-6-8-18(15)23(3)19(16)22-20(17)24-11-9-14(2)10-12-24/h5-8,13-14H,4,9-12H2,1-3H3/p+1. The van der Waals surface area contributed by atoms with Crippen LogP contribution in [-0.2, 0) is 11.8 Å². The monoisotopic (exact) mass is 352 g/mol. The number of rotatable bonds is 3. The number of aromatic nitrogens is 2. The first kappa shape index (κ1) is 16.9. The summed E-state index contributed by atoms with van der Waals surface area (Å²) in [5, 5.41) is 2.20. The highest BCUT2D eigenvalue weighted by molar-refractivity contribution is 6.08. The smallest absolute Gasteiger partial charge is 0.344 e. The van der Waals surface area contributed by atoms with Gasteiger partial charge < -0.3 is 4.74 Å². The number of H-pyrrole nitrogens is 1. The molecular weight excluding hydrogens is 326 g/mol. The number of ether oxygens (including phenoxy) is 1. The van der Waals surface area contributed by atoms with E-state index in [0.717, 1.165) is 59.6 Å². The third-order valence-corrected chi connectivity index (χ3v) is 5.52. The molecule has 0 amide bonds. The predicted octanol–water partition coefficient (Wildman–Crippen LogP) is 3.56. The lowest BCUT2D eigenvalue weighted by molar-refractivity contribution is -0.335. The number of carbonyl (C=O) groups is 1. The summed E-state index contributed by atoms with van der Waals surface area (Å²) in [6.07, 6.45) is 2.28. The van der Waals surface area contributed by atoms with Crippen LogP contribution in [0, 0.1) is 5.92 Å². The van der Waals surface area contributed by atoms with E-state index < -0.39 is 0 Å². The molecule has 1 fully saturated rings. The number of esters is 1. The highest BCUT2D eigenvalue weighted by atomic mass is 16.5. The summed E-state index contributed by atoms with van der Waals surface area (Å²) in [6.45, 7) is 6.43. The molecule has 5 heteroatoms. The highest BCUT2D eigenvalue weighted by Crippen LogP contribution is 2.30. The number of pyridine rings is 1. The Morgan fingerprint density at radius 1 is 1.23 bits per heavy atom. The van der Waals surface area contributed by atoms with Crippen LogP contribution in [0.3, 0.4) is 0 Å². The lowest BCUT2D eigenvalue weighted by Crippen LogP contribution is -2.38. The Hall–Kier alpha value is -2.56. The average molecular weight is 352 g/mol. The summed E-state index contributed by atoms with van der Waals surface area (Å²) in [5.41, 5.74) is 2.82. The van der Waals surface area contributed by atoms with Gasteiger partial charge in [0, 0.05) is 5.39 Å². The van der Waals surface area contributed by atoms with Crippen molar-refractivity contribution in [2.75, 3.05) is 24.6 Å². The van der Waals surface area contributed by atoms with Crippen molar-refractivity contribution in [2.24, 2.45) is 13.0 Å². The van der Waals surface area contributed by atoms with Gasteiger partial charge in [-0.05, 0) is 37.8 Å². The zero-order valence-corrected chi connectivity index (χ0v) is 15.7. The molecule has 1 aliphatic heterocycles. The Labute approximate surface area is 153 Å². The van der Waals surface area contributed by atoms with Crippen LogP contribution in [0.1, 0.15) is 37.0 Å². The van der Waals surface area contributed by atoms with E-state index >= 15 is 0 Å². The second kappa shape index (κ2) is 6.63. The molecule has 0 spiro atoms. The first-order valence-corrected chi connectivity index (χ1v) is 9.45. The number of para-hydroxylation sites is 1. The molecule has 0 saturated carbocycles. The number of carbonyl (C=O) groups excluding carboxylic acids is 1. The number of aromatic amines is 1. The number of anilines is 1. The van der Waals surface area contributed by atoms with Crippen LogP contribution in [0.5, 0.6) is 0 Å². The molecule has 5 nitrogen and oxygen atoms in total. The van der Waals surface area contributed by atoms with Gasteiger partial charge in [-0.15, -0.1) is 0 Å². The lowest BCUT2D eigenvalue weighted by atomic mass is 9.99. The summed E-state index contributed by atoms with van der Waals surface area (Å²) in [4.78, 5) is 18.5. The summed E-state index contributed by atoms with van der Waals surface area (Å²) in [6, 6.07) is 10.3. The Balaban J connectivity index is 1.93. The van der Waals surface area contributed by atoms with Gasteiger partial charge in [0.25, 0.3) is 0 Å². The maximum atomic E-state index is 12.7. The lowest BCUT2D eigenvalue weighted by Gasteiger charge is -2.28. The van der Waals surface area contributed by atoms with Crippen LogP contribution in [0.25, 0.3) is 21.9 Å². The Bertz CT molecular complexity index is 968. The van der Waals surface area contributed by atoms with Crippen molar-refractivity contribution < 1.29 is 14.5 Å². The fourth-order valence-electron chi connectivity index (χ4n) is 3.96. The topological polar surface area (TPSA) is 48.6 Å². The van der Waals surface area contributed by atoms with Gasteiger partial charge in [-0.25, -0.2) is 9.78 Å². The molecule has 136 valence electrons. The van der Waals surface area contributed by atoms with Gasteiger partial charge in [0.15, 0.2) is 0 Å². The second-order valence-corrected chi connectivity index (χ2v) is 7.26. The van der Waals surface area contributed by atoms with Gasteiger partial charge in [-0.3, -0.25) is 9.47 Å². The number of aryl methyl sites for hydroxylation is 1. The predicted molar refractivity (Wildman–Crippen MR) is 104 cm³/mol. The van der Waals surface area contributed by atoms with Crippen LogP contribution in [-0.4, -0.2) is 30.2 Å². The van der Waals surface area contributed by atoms with E-state index in [-0.39, 0.29) is 5.97 Å². The van der Waals surface area contributed by atoms with Crippen molar-refractivity contribution in [3.05, 3.63) is 35.9 Å². The van der Waals surface area contributed by atoms with Gasteiger partial charge >= 0.3 is 5.97 Å². The molecular formula is C21H26N3O2+. The van der Waals surface area contributed by atoms with Crippen LogP contribution >= 0.6 is 0 Å². The maximum Gasteiger partial charge on any atom is 0.344 e. The molecule has 3 heterocycles. The number of nitrogens with one attached hydrogen (secondary N) is 1. The highest BCUT2D eigenvalue weighted by Gasteiger charge is 2.29. The molecule has 4 rings (SSSR count). The number of piperidine rings is 1. The Morgan fingerprint density at radius 3 is 2.69 bits per heavy atom. The molecule has 0 radical (unpaired) electrons. The summed E-state index contributed by atoms with van der Waals surface area (Å²) < 4.78 is 7.52. The number of fused-ring (bicyclic) bond motifs is 3. The van der Waals surface area contributed by atoms with E-state index in [1.165, 1.54) is 0 Å². The first-order valence-electron chi connectivity index (χ1n) is 9.45. The van der Waals surface area contributed by atoms with Crippen LogP contribution in [0.4, 0.5) is 5.82 Å². The molecule has 0 atom stereocenters. The van der Waals surface area contributed by atoms with Crippen LogP contribution in [0.2, 0.25) is 0 Å². The molecule has 1 aliphatic rings. The molecule has 0 aliphatic carbocycles. The SMILES string of the molecule is CCOC(=O)c1cc2c3ccccc3n(C)c2[nH+]c1N1CCC(C)CC1. The minimum absolute atomic E-state index is 0.257. The van der Waals surface area contributed by atoms with Gasteiger partial charge in [0.2, 0.25) is 11.5 Å². The van der Waals surface area contributed by atoms with Gasteiger partial charge in [0.05, 0.1) is 32.1 Å². The van der Waals surface area contributed by atoms with E-state index in [9.17, 15) is 4.79 Å². The van der Waals surface area contributed by atoms with Crippen LogP contribution < -0.4 is 9.88 Å². The first-order chi connectivity index (χ1) is 12.6. The number of hydrogen-bond acceptors (Lipinski definition) is 3. The molecule has 1 aromatic carbocycles. The van der Waals surface area contributed by atoms with Crippen molar-refractivity contribution in [2.45, 2.75) is 26.7 Å². The minimum Gasteiger partial charge on any atom is -0.462 e. The number of benzene rings is 1. The maximum absolute atomic E-state index is 12.7. The average Bonchev–Trinajstić information content (AvgIpc) is 2.94.